The maximum Gasteiger partial charge on any atom is 0.417 e. The highest BCUT2D eigenvalue weighted by molar-refractivity contribution is 6.03. The molecule has 1 saturated carbocycles. The van der Waals surface area contributed by atoms with E-state index in [1.807, 2.05) is 30.3 Å². The predicted octanol–water partition coefficient (Wildman–Crippen LogP) is 3.32. The second kappa shape index (κ2) is 6.34. The molecule has 2 fully saturated rings. The molecule has 22 heavy (non-hydrogen) atoms. The number of hydrogen-bond donors (Lipinski definition) is 0. The van der Waals surface area contributed by atoms with Crippen molar-refractivity contribution in [3.63, 3.8) is 0 Å². The lowest BCUT2D eigenvalue weighted by atomic mass is 9.81. The van der Waals surface area contributed by atoms with Crippen LogP contribution in [0.25, 0.3) is 0 Å². The molecule has 1 unspecified atom stereocenters. The number of ether oxygens (including phenoxy) is 1. The first-order valence-electron chi connectivity index (χ1n) is 7.87. The highest BCUT2D eigenvalue weighted by Crippen LogP contribution is 2.32. The van der Waals surface area contributed by atoms with Crippen molar-refractivity contribution in [2.75, 3.05) is 6.61 Å². The molecule has 0 spiro atoms. The Balaban J connectivity index is 1.67. The van der Waals surface area contributed by atoms with E-state index < -0.39 is 6.09 Å². The number of nitrogens with zero attached hydrogens (tertiary/aromatic N) is 1. The third-order valence-electron chi connectivity index (χ3n) is 4.56. The van der Waals surface area contributed by atoms with Crippen molar-refractivity contribution in [3.8, 4) is 0 Å². The van der Waals surface area contributed by atoms with E-state index in [2.05, 4.69) is 6.58 Å². The first-order chi connectivity index (χ1) is 10.6. The number of carbonyl (C=O) groups excluding carboxylic acids is 2. The lowest BCUT2D eigenvalue weighted by molar-refractivity contribution is -0.125. The van der Waals surface area contributed by atoms with E-state index in [-0.39, 0.29) is 18.6 Å². The Morgan fingerprint density at radius 3 is 2.64 bits per heavy atom. The Hall–Kier alpha value is -2.10. The molecule has 1 aliphatic heterocycles. The van der Waals surface area contributed by atoms with E-state index in [1.165, 1.54) is 11.3 Å². The Morgan fingerprint density at radius 1 is 1.27 bits per heavy atom. The van der Waals surface area contributed by atoms with Crippen LogP contribution in [0.3, 0.4) is 0 Å². The van der Waals surface area contributed by atoms with Crippen molar-refractivity contribution >= 4 is 12.0 Å². The molecule has 1 aromatic rings. The topological polar surface area (TPSA) is 46.6 Å². The quantitative estimate of drug-likeness (QED) is 0.784. The van der Waals surface area contributed by atoms with E-state index in [4.69, 9.17) is 4.74 Å². The Bertz CT molecular complexity index is 577. The summed E-state index contributed by atoms with van der Waals surface area (Å²) < 4.78 is 5.09. The summed E-state index contributed by atoms with van der Waals surface area (Å²) in [7, 11) is 0. The lowest BCUT2D eigenvalue weighted by Crippen LogP contribution is -2.41. The van der Waals surface area contributed by atoms with Crippen LogP contribution in [-0.2, 0) is 16.0 Å². The van der Waals surface area contributed by atoms with E-state index in [1.54, 1.807) is 0 Å². The SMILES string of the molecule is C=C(CC1CCC1)C(=O)N1C(=O)OCC1Cc1ccccc1. The lowest BCUT2D eigenvalue weighted by Gasteiger charge is -2.27. The highest BCUT2D eigenvalue weighted by Gasteiger charge is 2.39. The number of cyclic esters (lactones) is 1. The second-order valence-electron chi connectivity index (χ2n) is 6.20. The predicted molar refractivity (Wildman–Crippen MR) is 83.2 cm³/mol. The van der Waals surface area contributed by atoms with Crippen LogP contribution in [0.1, 0.15) is 31.2 Å². The summed E-state index contributed by atoms with van der Waals surface area (Å²) in [5.74, 6) is 0.290. The standard InChI is InChI=1S/C18H21NO3/c1-13(10-14-8-5-9-14)17(20)19-16(12-22-18(19)21)11-15-6-3-2-4-7-15/h2-4,6-7,14,16H,1,5,8-12H2. The molecule has 1 aliphatic carbocycles. The molecule has 1 saturated heterocycles. The van der Waals surface area contributed by atoms with Gasteiger partial charge in [-0.3, -0.25) is 4.79 Å². The molecule has 4 heteroatoms. The maximum atomic E-state index is 12.6. The van der Waals surface area contributed by atoms with Crippen LogP contribution in [0.15, 0.2) is 42.5 Å². The van der Waals surface area contributed by atoms with E-state index >= 15 is 0 Å². The number of benzene rings is 1. The minimum absolute atomic E-state index is 0.236. The average molecular weight is 299 g/mol. The van der Waals surface area contributed by atoms with Crippen molar-refractivity contribution in [1.82, 2.24) is 4.90 Å². The van der Waals surface area contributed by atoms with Gasteiger partial charge in [-0.15, -0.1) is 0 Å². The first-order valence-corrected chi connectivity index (χ1v) is 7.87. The first kappa shape index (κ1) is 14.8. The van der Waals surface area contributed by atoms with Gasteiger partial charge in [0.05, 0.1) is 6.04 Å². The number of imide groups is 1. The molecule has 116 valence electrons. The summed E-state index contributed by atoms with van der Waals surface area (Å²) in [6, 6.07) is 9.61. The van der Waals surface area contributed by atoms with Gasteiger partial charge in [-0.05, 0) is 24.3 Å². The smallest absolute Gasteiger partial charge is 0.417 e. The molecule has 2 amide bonds. The van der Waals surface area contributed by atoms with E-state index in [9.17, 15) is 9.59 Å². The van der Waals surface area contributed by atoms with Crippen LogP contribution in [0.4, 0.5) is 4.79 Å². The number of amides is 2. The van der Waals surface area contributed by atoms with Crippen molar-refractivity contribution in [1.29, 1.82) is 0 Å². The molecule has 0 aromatic heterocycles. The number of hydrogen-bond acceptors (Lipinski definition) is 3. The number of rotatable bonds is 5. The van der Waals surface area contributed by atoms with Crippen molar-refractivity contribution in [2.45, 2.75) is 38.1 Å². The Morgan fingerprint density at radius 2 is 2.00 bits per heavy atom. The zero-order valence-electron chi connectivity index (χ0n) is 12.7. The molecular formula is C18H21NO3. The summed E-state index contributed by atoms with van der Waals surface area (Å²) in [4.78, 5) is 25.7. The molecule has 1 heterocycles. The van der Waals surface area contributed by atoms with Crippen LogP contribution in [-0.4, -0.2) is 29.5 Å². The molecule has 0 radical (unpaired) electrons. The number of carbonyl (C=O) groups is 2. The fourth-order valence-electron chi connectivity index (χ4n) is 3.05. The molecule has 1 atom stereocenters. The van der Waals surface area contributed by atoms with Crippen LogP contribution in [0.2, 0.25) is 0 Å². The zero-order chi connectivity index (χ0) is 15.5. The van der Waals surface area contributed by atoms with Crippen LogP contribution in [0.5, 0.6) is 0 Å². The van der Waals surface area contributed by atoms with Crippen LogP contribution >= 0.6 is 0 Å². The summed E-state index contributed by atoms with van der Waals surface area (Å²) in [6.45, 7) is 4.16. The van der Waals surface area contributed by atoms with Crippen molar-refractivity contribution in [3.05, 3.63) is 48.0 Å². The van der Waals surface area contributed by atoms with Gasteiger partial charge in [0.2, 0.25) is 0 Å². The second-order valence-corrected chi connectivity index (χ2v) is 6.20. The van der Waals surface area contributed by atoms with Gasteiger partial charge in [0.25, 0.3) is 5.91 Å². The third-order valence-corrected chi connectivity index (χ3v) is 4.56. The molecule has 1 aromatic carbocycles. The van der Waals surface area contributed by atoms with E-state index in [0.29, 0.717) is 24.3 Å². The minimum Gasteiger partial charge on any atom is -0.447 e. The monoisotopic (exact) mass is 299 g/mol. The summed E-state index contributed by atoms with van der Waals surface area (Å²) in [5.41, 5.74) is 1.62. The summed E-state index contributed by atoms with van der Waals surface area (Å²) in [6.07, 6.45) is 4.32. The van der Waals surface area contributed by atoms with Gasteiger partial charge in [0.1, 0.15) is 6.61 Å². The van der Waals surface area contributed by atoms with Gasteiger partial charge in [0, 0.05) is 5.57 Å². The molecule has 2 aliphatic rings. The van der Waals surface area contributed by atoms with Gasteiger partial charge < -0.3 is 4.74 Å². The summed E-state index contributed by atoms with van der Waals surface area (Å²) in [5, 5.41) is 0. The van der Waals surface area contributed by atoms with Crippen LogP contribution in [0, 0.1) is 5.92 Å². The van der Waals surface area contributed by atoms with Gasteiger partial charge >= 0.3 is 6.09 Å². The Kier molecular flexibility index (Phi) is 4.27. The van der Waals surface area contributed by atoms with Gasteiger partial charge in [0.15, 0.2) is 0 Å². The van der Waals surface area contributed by atoms with Crippen LogP contribution < -0.4 is 0 Å². The molecule has 0 N–H and O–H groups in total. The zero-order valence-corrected chi connectivity index (χ0v) is 12.7. The average Bonchev–Trinajstić information content (AvgIpc) is 2.84. The molecular weight excluding hydrogens is 278 g/mol. The van der Waals surface area contributed by atoms with E-state index in [0.717, 1.165) is 18.4 Å². The maximum absolute atomic E-state index is 12.6. The summed E-state index contributed by atoms with van der Waals surface area (Å²) >= 11 is 0. The van der Waals surface area contributed by atoms with Gasteiger partial charge in [-0.1, -0.05) is 56.2 Å². The van der Waals surface area contributed by atoms with Crippen molar-refractivity contribution < 1.29 is 14.3 Å². The molecule has 3 rings (SSSR count). The van der Waals surface area contributed by atoms with Crippen molar-refractivity contribution in [2.24, 2.45) is 5.92 Å². The minimum atomic E-state index is -0.541. The van der Waals surface area contributed by atoms with Gasteiger partial charge in [-0.25, -0.2) is 9.69 Å². The fraction of sp³-hybridized carbons (Fsp3) is 0.444. The fourth-order valence-corrected chi connectivity index (χ4v) is 3.05. The third kappa shape index (κ3) is 3.06. The Labute approximate surface area is 130 Å². The normalized spacial score (nSPS) is 21.4. The highest BCUT2D eigenvalue weighted by atomic mass is 16.6. The molecule has 4 nitrogen and oxygen atoms in total. The molecule has 0 bridgehead atoms. The largest absolute Gasteiger partial charge is 0.447 e. The van der Waals surface area contributed by atoms with Gasteiger partial charge in [-0.2, -0.15) is 0 Å².